The van der Waals surface area contributed by atoms with Gasteiger partial charge in [-0.1, -0.05) is 18.2 Å². The Morgan fingerprint density at radius 3 is 2.71 bits per heavy atom. The molecule has 0 spiro atoms. The van der Waals surface area contributed by atoms with E-state index in [1.54, 1.807) is 0 Å². The van der Waals surface area contributed by atoms with Crippen molar-refractivity contribution in [3.05, 3.63) is 29.8 Å². The molecule has 1 fully saturated rings. The van der Waals surface area contributed by atoms with Gasteiger partial charge in [0.2, 0.25) is 0 Å². The summed E-state index contributed by atoms with van der Waals surface area (Å²) in [6.45, 7) is 5.49. The van der Waals surface area contributed by atoms with Gasteiger partial charge in [-0.05, 0) is 70.4 Å². The van der Waals surface area contributed by atoms with E-state index in [1.807, 2.05) is 0 Å². The molecule has 4 nitrogen and oxygen atoms in total. The topological polar surface area (TPSA) is 35.9 Å². The lowest BCUT2D eigenvalue weighted by atomic mass is 9.78. The van der Waals surface area contributed by atoms with E-state index < -0.39 is 0 Å². The third-order valence-electron chi connectivity index (χ3n) is 5.69. The van der Waals surface area contributed by atoms with Gasteiger partial charge < -0.3 is 19.6 Å². The number of piperidine rings is 1. The molecule has 2 aliphatic rings. The minimum absolute atomic E-state index is 0.0964. The molecule has 1 N–H and O–H groups in total. The first-order valence-corrected chi connectivity index (χ1v) is 9.29. The second kappa shape index (κ2) is 7.85. The molecule has 0 aromatic heterocycles. The highest BCUT2D eigenvalue weighted by molar-refractivity contribution is 5.34. The average molecular weight is 332 g/mol. The van der Waals surface area contributed by atoms with Crippen LogP contribution in [0.3, 0.4) is 0 Å². The Labute approximate surface area is 146 Å². The first-order valence-electron chi connectivity index (χ1n) is 9.29. The smallest absolute Gasteiger partial charge is 0.122 e. The van der Waals surface area contributed by atoms with Crippen molar-refractivity contribution < 1.29 is 9.84 Å². The molecule has 4 heteroatoms. The minimum Gasteiger partial charge on any atom is -0.493 e. The van der Waals surface area contributed by atoms with Crippen LogP contribution in [0.5, 0.6) is 5.75 Å². The molecule has 0 aliphatic carbocycles. The molecule has 0 saturated carbocycles. The molecule has 3 rings (SSSR count). The van der Waals surface area contributed by atoms with Gasteiger partial charge in [-0.15, -0.1) is 0 Å². The summed E-state index contributed by atoms with van der Waals surface area (Å²) < 4.78 is 5.90. The first-order chi connectivity index (χ1) is 11.6. The van der Waals surface area contributed by atoms with Gasteiger partial charge in [-0.25, -0.2) is 0 Å². The highest BCUT2D eigenvalue weighted by atomic mass is 16.5. The van der Waals surface area contributed by atoms with Crippen LogP contribution >= 0.6 is 0 Å². The summed E-state index contributed by atoms with van der Waals surface area (Å²) in [6, 6.07) is 8.47. The number of aliphatic hydroxyl groups excluding tert-OH is 1. The molecule has 2 heterocycles. The molecular formula is C20H32N2O2. The zero-order valence-electron chi connectivity index (χ0n) is 15.2. The van der Waals surface area contributed by atoms with E-state index in [0.717, 1.165) is 64.2 Å². The third-order valence-corrected chi connectivity index (χ3v) is 5.69. The number of hydrogen-bond acceptors (Lipinski definition) is 4. The molecule has 0 bridgehead atoms. The second-order valence-electron chi connectivity index (χ2n) is 8.01. The molecule has 0 amide bonds. The van der Waals surface area contributed by atoms with Crippen molar-refractivity contribution >= 4 is 0 Å². The number of benzene rings is 1. The van der Waals surface area contributed by atoms with Crippen LogP contribution in [0.15, 0.2) is 24.3 Å². The molecule has 0 radical (unpaired) electrons. The van der Waals surface area contributed by atoms with Gasteiger partial charge in [0.15, 0.2) is 0 Å². The van der Waals surface area contributed by atoms with Crippen LogP contribution in [-0.4, -0.2) is 68.4 Å². The van der Waals surface area contributed by atoms with Crippen LogP contribution in [-0.2, 0) is 6.42 Å². The van der Waals surface area contributed by atoms with Crippen molar-refractivity contribution in [3.63, 3.8) is 0 Å². The number of fused-ring (bicyclic) bond motifs is 1. The summed E-state index contributed by atoms with van der Waals surface area (Å²) in [5, 5.41) is 9.88. The van der Waals surface area contributed by atoms with Crippen molar-refractivity contribution in [2.75, 3.05) is 53.5 Å². The predicted octanol–water partition coefficient (Wildman–Crippen LogP) is 2.26. The van der Waals surface area contributed by atoms with Gasteiger partial charge in [0, 0.05) is 18.5 Å². The van der Waals surface area contributed by atoms with Crippen molar-refractivity contribution in [2.45, 2.75) is 25.7 Å². The van der Waals surface area contributed by atoms with Crippen LogP contribution in [0.1, 0.15) is 24.8 Å². The Morgan fingerprint density at radius 2 is 2.00 bits per heavy atom. The monoisotopic (exact) mass is 332 g/mol. The number of hydrogen-bond donors (Lipinski definition) is 1. The highest BCUT2D eigenvalue weighted by Crippen LogP contribution is 2.33. The minimum atomic E-state index is 0.0964. The SMILES string of the molecule is CN(C)CC1(CO)CCN(C[C@@H]2CCOc3ccccc3C2)CC1. The van der Waals surface area contributed by atoms with Gasteiger partial charge in [0.1, 0.15) is 5.75 Å². The van der Waals surface area contributed by atoms with Crippen molar-refractivity contribution in [1.82, 2.24) is 9.80 Å². The standard InChI is InChI=1S/C20H32N2O2/c1-21(2)15-20(16-23)8-10-22(11-9-20)14-17-7-12-24-19-6-4-3-5-18(19)13-17/h3-6,17,23H,7-16H2,1-2H3/t17-/m1/s1. The lowest BCUT2D eigenvalue weighted by Crippen LogP contribution is -2.48. The third kappa shape index (κ3) is 4.29. The summed E-state index contributed by atoms with van der Waals surface area (Å²) in [5.41, 5.74) is 1.45. The van der Waals surface area contributed by atoms with Gasteiger partial charge in [0.25, 0.3) is 0 Å². The van der Waals surface area contributed by atoms with E-state index in [-0.39, 0.29) is 5.41 Å². The number of para-hydroxylation sites is 1. The van der Waals surface area contributed by atoms with Crippen molar-refractivity contribution in [3.8, 4) is 5.75 Å². The molecular weight excluding hydrogens is 300 g/mol. The Kier molecular flexibility index (Phi) is 5.80. The number of rotatable bonds is 5. The Bertz CT molecular complexity index is 524. The van der Waals surface area contributed by atoms with Crippen molar-refractivity contribution in [2.24, 2.45) is 11.3 Å². The molecule has 134 valence electrons. The van der Waals surface area contributed by atoms with E-state index in [9.17, 15) is 5.11 Å². The summed E-state index contributed by atoms with van der Waals surface area (Å²) in [4.78, 5) is 4.81. The fraction of sp³-hybridized carbons (Fsp3) is 0.700. The van der Waals surface area contributed by atoms with Crippen LogP contribution in [0, 0.1) is 11.3 Å². The summed E-state index contributed by atoms with van der Waals surface area (Å²) in [6.07, 6.45) is 4.45. The highest BCUT2D eigenvalue weighted by Gasteiger charge is 2.35. The van der Waals surface area contributed by atoms with Crippen LogP contribution in [0.4, 0.5) is 0 Å². The maximum absolute atomic E-state index is 9.88. The van der Waals surface area contributed by atoms with Gasteiger partial charge in [0.05, 0.1) is 13.2 Å². The van der Waals surface area contributed by atoms with Gasteiger partial charge in [-0.2, -0.15) is 0 Å². The van der Waals surface area contributed by atoms with Crippen LogP contribution in [0.25, 0.3) is 0 Å². The number of likely N-dealkylation sites (tertiary alicyclic amines) is 1. The molecule has 1 atom stereocenters. The first kappa shape index (κ1) is 17.7. The summed E-state index contributed by atoms with van der Waals surface area (Å²) in [5.74, 6) is 1.74. The van der Waals surface area contributed by atoms with E-state index in [1.165, 1.54) is 5.56 Å². The number of nitrogens with zero attached hydrogens (tertiary/aromatic N) is 2. The lowest BCUT2D eigenvalue weighted by molar-refractivity contribution is 0.0192. The van der Waals surface area contributed by atoms with E-state index in [4.69, 9.17) is 4.74 Å². The zero-order chi connectivity index (χ0) is 17.0. The predicted molar refractivity (Wildman–Crippen MR) is 97.5 cm³/mol. The quantitative estimate of drug-likeness (QED) is 0.897. The van der Waals surface area contributed by atoms with Gasteiger partial charge in [-0.3, -0.25) is 0 Å². The van der Waals surface area contributed by atoms with Crippen LogP contribution in [0.2, 0.25) is 0 Å². The Morgan fingerprint density at radius 1 is 1.25 bits per heavy atom. The van der Waals surface area contributed by atoms with E-state index in [0.29, 0.717) is 12.5 Å². The molecule has 1 saturated heterocycles. The molecule has 0 unspecified atom stereocenters. The van der Waals surface area contributed by atoms with Gasteiger partial charge >= 0.3 is 0 Å². The van der Waals surface area contributed by atoms with E-state index >= 15 is 0 Å². The normalized spacial score (nSPS) is 24.2. The molecule has 2 aliphatic heterocycles. The molecule has 1 aromatic carbocycles. The lowest BCUT2D eigenvalue weighted by Gasteiger charge is -2.43. The summed E-state index contributed by atoms with van der Waals surface area (Å²) >= 11 is 0. The largest absolute Gasteiger partial charge is 0.493 e. The Hall–Kier alpha value is -1.10. The molecule has 24 heavy (non-hydrogen) atoms. The maximum atomic E-state index is 9.88. The number of aliphatic hydroxyl groups is 1. The van der Waals surface area contributed by atoms with Crippen molar-refractivity contribution in [1.29, 1.82) is 0 Å². The fourth-order valence-corrected chi connectivity index (χ4v) is 4.33. The summed E-state index contributed by atoms with van der Waals surface area (Å²) in [7, 11) is 4.21. The molecule has 1 aromatic rings. The second-order valence-corrected chi connectivity index (χ2v) is 8.01. The Balaban J connectivity index is 1.54. The zero-order valence-corrected chi connectivity index (χ0v) is 15.2. The number of ether oxygens (including phenoxy) is 1. The maximum Gasteiger partial charge on any atom is 0.122 e. The van der Waals surface area contributed by atoms with E-state index in [2.05, 4.69) is 48.2 Å². The fourth-order valence-electron chi connectivity index (χ4n) is 4.33. The average Bonchev–Trinajstić information content (AvgIpc) is 2.78. The van der Waals surface area contributed by atoms with Crippen LogP contribution < -0.4 is 4.74 Å².